The third-order valence-electron chi connectivity index (χ3n) is 3.83. The Morgan fingerprint density at radius 3 is 2.58 bits per heavy atom. The van der Waals surface area contributed by atoms with Crippen molar-refractivity contribution in [1.29, 1.82) is 0 Å². The van der Waals surface area contributed by atoms with Crippen molar-refractivity contribution >= 4 is 45.6 Å². The quantitative estimate of drug-likeness (QED) is 0.534. The lowest BCUT2D eigenvalue weighted by atomic mass is 10.1. The minimum atomic E-state index is -0.499. The zero-order valence-corrected chi connectivity index (χ0v) is 16.8. The van der Waals surface area contributed by atoms with Crippen molar-refractivity contribution in [3.05, 3.63) is 16.0 Å². The Kier molecular flexibility index (Phi) is 7.80. The van der Waals surface area contributed by atoms with Gasteiger partial charge in [0, 0.05) is 13.2 Å². The summed E-state index contributed by atoms with van der Waals surface area (Å²) in [4.78, 5) is 24.8. The standard InChI is InChI=1S/C17H24N2O5S2/c1-4-22-15(20)12-10(3)13(16(21)23-5-2)26-14(12)19-17(25)18-9-11-7-6-8-24-11/h11H,4-9H2,1-3H3,(H2,18,19,25)/t11-/m0/s1. The molecule has 1 aliphatic rings. The van der Waals surface area contributed by atoms with Crippen molar-refractivity contribution in [2.45, 2.75) is 39.7 Å². The molecule has 2 N–H and O–H groups in total. The van der Waals surface area contributed by atoms with Crippen LogP contribution in [0.1, 0.15) is 52.3 Å². The summed E-state index contributed by atoms with van der Waals surface area (Å²) in [6.45, 7) is 7.02. The minimum Gasteiger partial charge on any atom is -0.462 e. The van der Waals surface area contributed by atoms with Gasteiger partial charge in [0.05, 0.1) is 24.9 Å². The summed E-state index contributed by atoms with van der Waals surface area (Å²) in [5, 5.41) is 6.92. The molecule has 0 amide bonds. The van der Waals surface area contributed by atoms with Crippen LogP contribution in [0.3, 0.4) is 0 Å². The van der Waals surface area contributed by atoms with Gasteiger partial charge < -0.3 is 24.8 Å². The molecule has 1 aromatic heterocycles. The van der Waals surface area contributed by atoms with Crippen LogP contribution in [-0.4, -0.2) is 49.5 Å². The highest BCUT2D eigenvalue weighted by atomic mass is 32.1. The fraction of sp³-hybridized carbons (Fsp3) is 0.588. The minimum absolute atomic E-state index is 0.138. The predicted molar refractivity (Wildman–Crippen MR) is 104 cm³/mol. The first-order valence-corrected chi connectivity index (χ1v) is 9.84. The van der Waals surface area contributed by atoms with Crippen LogP contribution < -0.4 is 10.6 Å². The number of thiocarbonyl (C=S) groups is 1. The van der Waals surface area contributed by atoms with E-state index in [0.29, 0.717) is 32.7 Å². The zero-order valence-electron chi connectivity index (χ0n) is 15.2. The van der Waals surface area contributed by atoms with Crippen molar-refractivity contribution in [1.82, 2.24) is 5.32 Å². The van der Waals surface area contributed by atoms with Gasteiger partial charge in [-0.3, -0.25) is 0 Å². The largest absolute Gasteiger partial charge is 0.462 e. The first-order chi connectivity index (χ1) is 12.5. The highest BCUT2D eigenvalue weighted by molar-refractivity contribution is 7.80. The molecule has 1 fully saturated rings. The topological polar surface area (TPSA) is 85.9 Å². The van der Waals surface area contributed by atoms with Gasteiger partial charge in [-0.15, -0.1) is 11.3 Å². The monoisotopic (exact) mass is 400 g/mol. The average Bonchev–Trinajstić information content (AvgIpc) is 3.21. The van der Waals surface area contributed by atoms with Crippen molar-refractivity contribution < 1.29 is 23.8 Å². The highest BCUT2D eigenvalue weighted by Gasteiger charge is 2.27. The molecule has 0 radical (unpaired) electrons. The van der Waals surface area contributed by atoms with E-state index >= 15 is 0 Å². The van der Waals surface area contributed by atoms with Crippen LogP contribution >= 0.6 is 23.6 Å². The van der Waals surface area contributed by atoms with E-state index in [4.69, 9.17) is 26.4 Å². The van der Waals surface area contributed by atoms with Gasteiger partial charge in [0.15, 0.2) is 5.11 Å². The van der Waals surface area contributed by atoms with E-state index in [9.17, 15) is 9.59 Å². The maximum atomic E-state index is 12.3. The SMILES string of the molecule is CCOC(=O)c1sc(NC(=S)NC[C@@H]2CCCO2)c(C(=O)OCC)c1C. The molecule has 26 heavy (non-hydrogen) atoms. The molecule has 2 rings (SSSR count). The molecule has 2 heterocycles. The molecule has 7 nitrogen and oxygen atoms in total. The fourth-order valence-electron chi connectivity index (χ4n) is 2.60. The van der Waals surface area contributed by atoms with Gasteiger partial charge in [0.2, 0.25) is 0 Å². The van der Waals surface area contributed by atoms with Gasteiger partial charge in [0.1, 0.15) is 9.88 Å². The Morgan fingerprint density at radius 2 is 1.96 bits per heavy atom. The maximum Gasteiger partial charge on any atom is 0.348 e. The zero-order chi connectivity index (χ0) is 19.1. The number of anilines is 1. The first kappa shape index (κ1) is 20.6. The van der Waals surface area contributed by atoms with E-state index in [1.807, 2.05) is 0 Å². The van der Waals surface area contributed by atoms with Crippen LogP contribution in [0.5, 0.6) is 0 Å². The van der Waals surface area contributed by atoms with Crippen LogP contribution in [0.2, 0.25) is 0 Å². The van der Waals surface area contributed by atoms with Crippen LogP contribution in [0.25, 0.3) is 0 Å². The normalized spacial score (nSPS) is 16.2. The van der Waals surface area contributed by atoms with Crippen LogP contribution in [0.15, 0.2) is 0 Å². The number of carbonyl (C=O) groups is 2. The molecule has 1 aliphatic heterocycles. The molecule has 1 aromatic rings. The third kappa shape index (κ3) is 5.15. The van der Waals surface area contributed by atoms with E-state index in [1.165, 1.54) is 0 Å². The summed E-state index contributed by atoms with van der Waals surface area (Å²) in [5.41, 5.74) is 0.831. The lowest BCUT2D eigenvalue weighted by Gasteiger charge is -2.14. The Balaban J connectivity index is 2.15. The van der Waals surface area contributed by atoms with Gasteiger partial charge in [-0.25, -0.2) is 9.59 Å². The van der Waals surface area contributed by atoms with Gasteiger partial charge in [0.25, 0.3) is 0 Å². The summed E-state index contributed by atoms with van der Waals surface area (Å²) >= 11 is 6.44. The molecule has 0 bridgehead atoms. The molecule has 144 valence electrons. The van der Waals surface area contributed by atoms with Crippen LogP contribution in [0, 0.1) is 6.92 Å². The first-order valence-electron chi connectivity index (χ1n) is 8.61. The van der Waals surface area contributed by atoms with Crippen molar-refractivity contribution in [2.24, 2.45) is 0 Å². The average molecular weight is 401 g/mol. The lowest BCUT2D eigenvalue weighted by molar-refractivity contribution is 0.0527. The number of thiophene rings is 1. The number of esters is 2. The second-order valence-electron chi connectivity index (χ2n) is 5.67. The van der Waals surface area contributed by atoms with Gasteiger partial charge in [-0.05, 0) is 51.4 Å². The Morgan fingerprint density at radius 1 is 1.27 bits per heavy atom. The lowest BCUT2D eigenvalue weighted by Crippen LogP contribution is -2.35. The fourth-order valence-corrected chi connectivity index (χ4v) is 3.94. The second kappa shape index (κ2) is 9.84. The Hall–Kier alpha value is -1.71. The van der Waals surface area contributed by atoms with Crippen LogP contribution in [0.4, 0.5) is 5.00 Å². The maximum absolute atomic E-state index is 12.3. The molecule has 0 aliphatic carbocycles. The predicted octanol–water partition coefficient (Wildman–Crippen LogP) is 2.88. The molecule has 0 spiro atoms. The molecule has 0 unspecified atom stereocenters. The van der Waals surface area contributed by atoms with E-state index in [-0.39, 0.29) is 19.3 Å². The Labute approximate surface area is 162 Å². The number of hydrogen-bond acceptors (Lipinski definition) is 7. The Bertz CT molecular complexity index is 668. The summed E-state index contributed by atoms with van der Waals surface area (Å²) < 4.78 is 15.7. The summed E-state index contributed by atoms with van der Waals surface area (Å²) in [5.74, 6) is -0.965. The molecule has 9 heteroatoms. The van der Waals surface area contributed by atoms with E-state index in [1.54, 1.807) is 20.8 Å². The molecule has 1 saturated heterocycles. The van der Waals surface area contributed by atoms with E-state index in [2.05, 4.69) is 10.6 Å². The summed E-state index contributed by atoms with van der Waals surface area (Å²) in [6, 6.07) is 0. The molecule has 0 aromatic carbocycles. The van der Waals surface area contributed by atoms with Gasteiger partial charge in [-0.1, -0.05) is 0 Å². The number of ether oxygens (including phenoxy) is 3. The molecular formula is C17H24N2O5S2. The molecule has 1 atom stereocenters. The number of rotatable bonds is 7. The third-order valence-corrected chi connectivity index (χ3v) is 5.26. The number of nitrogens with one attached hydrogen (secondary N) is 2. The van der Waals surface area contributed by atoms with Gasteiger partial charge >= 0.3 is 11.9 Å². The smallest absolute Gasteiger partial charge is 0.348 e. The summed E-state index contributed by atoms with van der Waals surface area (Å²) in [6.07, 6.45) is 2.18. The van der Waals surface area contributed by atoms with Crippen LogP contribution in [-0.2, 0) is 14.2 Å². The number of carbonyl (C=O) groups excluding carboxylic acids is 2. The number of hydrogen-bond donors (Lipinski definition) is 2. The van der Waals surface area contributed by atoms with E-state index in [0.717, 1.165) is 30.8 Å². The molecule has 0 saturated carbocycles. The summed E-state index contributed by atoms with van der Waals surface area (Å²) in [7, 11) is 0. The van der Waals surface area contributed by atoms with Crippen molar-refractivity contribution in [3.63, 3.8) is 0 Å². The van der Waals surface area contributed by atoms with Crippen molar-refractivity contribution in [3.8, 4) is 0 Å². The van der Waals surface area contributed by atoms with Gasteiger partial charge in [-0.2, -0.15) is 0 Å². The second-order valence-corrected chi connectivity index (χ2v) is 7.10. The highest BCUT2D eigenvalue weighted by Crippen LogP contribution is 2.34. The van der Waals surface area contributed by atoms with E-state index < -0.39 is 11.9 Å². The molecular weight excluding hydrogens is 376 g/mol. The van der Waals surface area contributed by atoms with Crippen molar-refractivity contribution in [2.75, 3.05) is 31.7 Å².